The van der Waals surface area contributed by atoms with Crippen molar-refractivity contribution >= 4 is 17.5 Å². The molecule has 202 valence electrons. The van der Waals surface area contributed by atoms with Crippen molar-refractivity contribution in [3.8, 4) is 5.75 Å². The summed E-state index contributed by atoms with van der Waals surface area (Å²) in [6.07, 6.45) is 4.44. The Hall–Kier alpha value is -2.38. The van der Waals surface area contributed by atoms with E-state index in [-0.39, 0.29) is 24.1 Å². The van der Waals surface area contributed by atoms with Gasteiger partial charge >= 0.3 is 0 Å². The number of nitrogens with zero attached hydrogens (tertiary/aromatic N) is 1. The second-order valence-corrected chi connectivity index (χ2v) is 11.2. The van der Waals surface area contributed by atoms with Gasteiger partial charge in [-0.05, 0) is 83.4 Å². The summed E-state index contributed by atoms with van der Waals surface area (Å²) in [5.74, 6) is 0.784. The maximum Gasteiger partial charge on any atom is 0.253 e. The van der Waals surface area contributed by atoms with E-state index in [0.717, 1.165) is 54.5 Å². The number of amides is 1. The number of likely N-dealkylation sites (tertiary alicyclic amines) is 1. The van der Waals surface area contributed by atoms with Crippen LogP contribution in [0.4, 0.5) is 4.39 Å². The third-order valence-electron chi connectivity index (χ3n) is 8.20. The van der Waals surface area contributed by atoms with Gasteiger partial charge in [-0.1, -0.05) is 18.5 Å². The number of aromatic amines is 1. The minimum atomic E-state index is -0.661. The standard InChI is InChI=1S/C29H39ClFN3O3/c1-6-26(20-7-9-22(10-8-20)34-14-21(31)15-34)37-27-18(4)23(12-25(30)19(27)5)28(35)32-13-24-16(2)11-17(3)33-29(24)36/h11-12,20-22,26H,6-10,13-15H2,1-5H3,(H,32,35)(H,33,36). The molecule has 1 aromatic carbocycles. The predicted octanol–water partition coefficient (Wildman–Crippen LogP) is 5.56. The number of aromatic nitrogens is 1. The summed E-state index contributed by atoms with van der Waals surface area (Å²) >= 11 is 6.57. The molecule has 2 aliphatic rings. The van der Waals surface area contributed by atoms with Crippen molar-refractivity contribution in [3.05, 3.63) is 61.0 Å². The Morgan fingerprint density at radius 1 is 1.16 bits per heavy atom. The van der Waals surface area contributed by atoms with Gasteiger partial charge in [0.2, 0.25) is 0 Å². The Balaban J connectivity index is 1.46. The lowest BCUT2D eigenvalue weighted by atomic mass is 9.80. The average Bonchev–Trinajstić information content (AvgIpc) is 2.84. The van der Waals surface area contributed by atoms with E-state index in [1.54, 1.807) is 6.07 Å². The lowest BCUT2D eigenvalue weighted by Crippen LogP contribution is -2.54. The van der Waals surface area contributed by atoms with Crippen LogP contribution in [0.1, 0.15) is 77.3 Å². The number of rotatable bonds is 8. The minimum absolute atomic E-state index is 0.0202. The molecule has 0 radical (unpaired) electrons. The van der Waals surface area contributed by atoms with Crippen molar-refractivity contribution in [1.82, 2.24) is 15.2 Å². The van der Waals surface area contributed by atoms with E-state index >= 15 is 0 Å². The molecule has 1 amide bonds. The number of carbonyl (C=O) groups is 1. The van der Waals surface area contributed by atoms with Crippen LogP contribution in [0.25, 0.3) is 0 Å². The third-order valence-corrected chi connectivity index (χ3v) is 8.59. The molecule has 37 heavy (non-hydrogen) atoms. The number of nitrogens with one attached hydrogen (secondary N) is 2. The maximum atomic E-state index is 13.3. The fourth-order valence-corrected chi connectivity index (χ4v) is 6.08. The van der Waals surface area contributed by atoms with E-state index in [4.69, 9.17) is 16.3 Å². The second-order valence-electron chi connectivity index (χ2n) is 10.8. The van der Waals surface area contributed by atoms with E-state index in [9.17, 15) is 14.0 Å². The van der Waals surface area contributed by atoms with Gasteiger partial charge in [0.15, 0.2) is 0 Å². The Labute approximate surface area is 223 Å². The Bertz CT molecular complexity index is 1200. The zero-order valence-corrected chi connectivity index (χ0v) is 23.3. The van der Waals surface area contributed by atoms with Crippen LogP contribution in [0.15, 0.2) is 16.9 Å². The van der Waals surface area contributed by atoms with E-state index in [2.05, 4.69) is 22.1 Å². The highest BCUT2D eigenvalue weighted by Gasteiger charge is 2.36. The number of hydrogen-bond acceptors (Lipinski definition) is 4. The first-order chi connectivity index (χ1) is 17.6. The van der Waals surface area contributed by atoms with Crippen molar-refractivity contribution in [1.29, 1.82) is 0 Å². The monoisotopic (exact) mass is 531 g/mol. The molecule has 0 spiro atoms. The van der Waals surface area contributed by atoms with Crippen LogP contribution in [0.2, 0.25) is 5.02 Å². The number of halogens is 2. The predicted molar refractivity (Wildman–Crippen MR) is 146 cm³/mol. The van der Waals surface area contributed by atoms with E-state index in [1.807, 2.05) is 33.8 Å². The largest absolute Gasteiger partial charge is 0.490 e. The average molecular weight is 532 g/mol. The molecule has 2 N–H and O–H groups in total. The summed E-state index contributed by atoms with van der Waals surface area (Å²) in [6.45, 7) is 10.9. The van der Waals surface area contributed by atoms with Gasteiger partial charge in [0, 0.05) is 58.6 Å². The Morgan fingerprint density at radius 2 is 1.84 bits per heavy atom. The lowest BCUT2D eigenvalue weighted by Gasteiger charge is -2.44. The number of alkyl halides is 1. The first-order valence-electron chi connectivity index (χ1n) is 13.4. The number of pyridine rings is 1. The molecule has 1 unspecified atom stereocenters. The molecule has 1 atom stereocenters. The summed E-state index contributed by atoms with van der Waals surface area (Å²) in [5, 5.41) is 3.37. The highest BCUT2D eigenvalue weighted by Crippen LogP contribution is 2.38. The van der Waals surface area contributed by atoms with Crippen molar-refractivity contribution < 1.29 is 13.9 Å². The van der Waals surface area contributed by atoms with Crippen LogP contribution in [0.3, 0.4) is 0 Å². The first kappa shape index (κ1) is 27.6. The van der Waals surface area contributed by atoms with Gasteiger partial charge < -0.3 is 15.0 Å². The van der Waals surface area contributed by atoms with Crippen molar-refractivity contribution in [2.24, 2.45) is 5.92 Å². The van der Waals surface area contributed by atoms with Crippen molar-refractivity contribution in [3.63, 3.8) is 0 Å². The van der Waals surface area contributed by atoms with Crippen LogP contribution in [0, 0.1) is 33.6 Å². The molecular formula is C29H39ClFN3O3. The van der Waals surface area contributed by atoms with Gasteiger partial charge in [-0.25, -0.2) is 4.39 Å². The number of carbonyl (C=O) groups excluding carboxylic acids is 1. The number of hydrogen-bond donors (Lipinski definition) is 2. The smallest absolute Gasteiger partial charge is 0.253 e. The molecule has 2 fully saturated rings. The fourth-order valence-electron chi connectivity index (χ4n) is 5.89. The zero-order chi connectivity index (χ0) is 26.9. The molecular weight excluding hydrogens is 493 g/mol. The van der Waals surface area contributed by atoms with E-state index in [0.29, 0.717) is 46.9 Å². The third kappa shape index (κ3) is 6.04. The summed E-state index contributed by atoms with van der Waals surface area (Å²) in [7, 11) is 0. The molecule has 1 saturated carbocycles. The second kappa shape index (κ2) is 11.6. The summed E-state index contributed by atoms with van der Waals surface area (Å²) in [4.78, 5) is 30.6. The number of benzene rings is 1. The molecule has 8 heteroatoms. The van der Waals surface area contributed by atoms with Crippen LogP contribution < -0.4 is 15.6 Å². The van der Waals surface area contributed by atoms with E-state index in [1.165, 1.54) is 0 Å². The van der Waals surface area contributed by atoms with Crippen molar-refractivity contribution in [2.45, 2.75) is 91.6 Å². The Morgan fingerprint density at radius 3 is 2.43 bits per heavy atom. The van der Waals surface area contributed by atoms with Crippen LogP contribution in [-0.4, -0.2) is 47.2 Å². The summed E-state index contributed by atoms with van der Waals surface area (Å²) in [6, 6.07) is 4.05. The van der Waals surface area contributed by atoms with Gasteiger partial charge in [-0.3, -0.25) is 14.5 Å². The Kier molecular flexibility index (Phi) is 8.64. The lowest BCUT2D eigenvalue weighted by molar-refractivity contribution is -0.00296. The molecule has 1 saturated heterocycles. The topological polar surface area (TPSA) is 74.4 Å². The summed E-state index contributed by atoms with van der Waals surface area (Å²) in [5.41, 5.74) is 3.98. The zero-order valence-electron chi connectivity index (χ0n) is 22.5. The van der Waals surface area contributed by atoms with Crippen LogP contribution >= 0.6 is 11.6 Å². The maximum absolute atomic E-state index is 13.3. The van der Waals surface area contributed by atoms with Gasteiger partial charge in [0.05, 0.1) is 0 Å². The first-order valence-corrected chi connectivity index (χ1v) is 13.8. The van der Waals surface area contributed by atoms with Crippen LogP contribution in [0.5, 0.6) is 5.75 Å². The molecule has 1 aromatic heterocycles. The molecule has 6 nitrogen and oxygen atoms in total. The number of aryl methyl sites for hydroxylation is 2. The number of ether oxygens (including phenoxy) is 1. The normalized spacial score (nSPS) is 21.4. The van der Waals surface area contributed by atoms with Crippen LogP contribution in [-0.2, 0) is 6.54 Å². The molecule has 2 heterocycles. The molecule has 2 aromatic rings. The summed E-state index contributed by atoms with van der Waals surface area (Å²) < 4.78 is 19.9. The molecule has 0 bridgehead atoms. The highest BCUT2D eigenvalue weighted by atomic mass is 35.5. The molecule has 1 aliphatic heterocycles. The number of H-pyrrole nitrogens is 1. The molecule has 1 aliphatic carbocycles. The SMILES string of the molecule is CCC(Oc1c(C)c(Cl)cc(C(=O)NCc2c(C)cc(C)[nH]c2=O)c1C)C1CCC(N2CC(F)C2)CC1. The van der Waals surface area contributed by atoms with Crippen molar-refractivity contribution in [2.75, 3.05) is 13.1 Å². The molecule has 4 rings (SSSR count). The fraction of sp³-hybridized carbons (Fsp3) is 0.586. The highest BCUT2D eigenvalue weighted by molar-refractivity contribution is 6.32. The quantitative estimate of drug-likeness (QED) is 0.467. The van der Waals surface area contributed by atoms with E-state index < -0.39 is 6.17 Å². The van der Waals surface area contributed by atoms with Gasteiger partial charge in [0.1, 0.15) is 18.0 Å². The van der Waals surface area contributed by atoms with Gasteiger partial charge in [0.25, 0.3) is 11.5 Å². The van der Waals surface area contributed by atoms with Gasteiger partial charge in [-0.15, -0.1) is 0 Å². The minimum Gasteiger partial charge on any atom is -0.490 e. The van der Waals surface area contributed by atoms with Gasteiger partial charge in [-0.2, -0.15) is 0 Å².